The highest BCUT2D eigenvalue weighted by Gasteiger charge is 2.22. The number of rotatable bonds is 7. The Morgan fingerprint density at radius 3 is 2.30 bits per heavy atom. The molecule has 37 heavy (non-hydrogen) atoms. The normalized spacial score (nSPS) is 15.9. The van der Waals surface area contributed by atoms with Crippen molar-refractivity contribution in [1.82, 2.24) is 14.9 Å². The van der Waals surface area contributed by atoms with E-state index in [9.17, 15) is 14.9 Å². The first kappa shape index (κ1) is 24.4. The lowest BCUT2D eigenvalue weighted by molar-refractivity contribution is -0.384. The number of nitrogens with one attached hydrogen (secondary N) is 1. The number of amides is 1. The maximum Gasteiger partial charge on any atom is 0.269 e. The van der Waals surface area contributed by atoms with E-state index in [4.69, 9.17) is 4.74 Å². The van der Waals surface area contributed by atoms with Gasteiger partial charge < -0.3 is 24.8 Å². The standard InChI is InChI=1S/C26H29N7O4/c34-25(19-20-1-5-23(6-2-20)33(35)36)32-13-11-31(12-14-32)24-9-10-27-26(29-24)28-21-3-7-22(8-4-21)30-15-17-37-18-16-30/h1-10H,11-19H2,(H,27,28,29). The molecule has 0 unspecified atom stereocenters. The van der Waals surface area contributed by atoms with Crippen molar-refractivity contribution in [2.75, 3.05) is 67.6 Å². The highest BCUT2D eigenvalue weighted by atomic mass is 16.6. The Balaban J connectivity index is 1.14. The van der Waals surface area contributed by atoms with E-state index < -0.39 is 4.92 Å². The number of aromatic nitrogens is 2. The molecule has 192 valence electrons. The fourth-order valence-electron chi connectivity index (χ4n) is 4.50. The fourth-order valence-corrected chi connectivity index (χ4v) is 4.50. The van der Waals surface area contributed by atoms with Crippen LogP contribution in [-0.4, -0.2) is 78.2 Å². The summed E-state index contributed by atoms with van der Waals surface area (Å²) in [5, 5.41) is 14.1. The number of non-ortho nitro benzene ring substituents is 1. The Bertz CT molecular complexity index is 1220. The maximum absolute atomic E-state index is 12.7. The number of piperazine rings is 1. The number of carbonyl (C=O) groups excluding carboxylic acids is 1. The molecule has 11 nitrogen and oxygen atoms in total. The van der Waals surface area contributed by atoms with E-state index in [-0.39, 0.29) is 18.0 Å². The van der Waals surface area contributed by atoms with E-state index in [1.54, 1.807) is 18.3 Å². The topological polar surface area (TPSA) is 117 Å². The number of nitro benzene ring substituents is 1. The molecule has 0 atom stereocenters. The molecule has 0 aliphatic carbocycles. The summed E-state index contributed by atoms with van der Waals surface area (Å²) in [4.78, 5) is 38.4. The quantitative estimate of drug-likeness (QED) is 0.384. The molecule has 2 aromatic carbocycles. The number of ether oxygens (including phenoxy) is 1. The average Bonchev–Trinajstić information content (AvgIpc) is 2.94. The Morgan fingerprint density at radius 1 is 0.919 bits per heavy atom. The van der Waals surface area contributed by atoms with Crippen LogP contribution in [0, 0.1) is 10.1 Å². The zero-order chi connectivity index (χ0) is 25.6. The van der Waals surface area contributed by atoms with E-state index in [1.165, 1.54) is 17.8 Å². The molecule has 0 bridgehead atoms. The number of carbonyl (C=O) groups is 1. The second kappa shape index (κ2) is 11.2. The number of nitro groups is 1. The van der Waals surface area contributed by atoms with Crippen molar-refractivity contribution in [3.63, 3.8) is 0 Å². The van der Waals surface area contributed by atoms with Gasteiger partial charge in [-0.25, -0.2) is 4.98 Å². The highest BCUT2D eigenvalue weighted by Crippen LogP contribution is 2.22. The van der Waals surface area contributed by atoms with Gasteiger partial charge >= 0.3 is 0 Å². The lowest BCUT2D eigenvalue weighted by Gasteiger charge is -2.35. The van der Waals surface area contributed by atoms with Crippen LogP contribution in [0.15, 0.2) is 60.8 Å². The van der Waals surface area contributed by atoms with E-state index in [0.717, 1.165) is 43.4 Å². The van der Waals surface area contributed by atoms with Crippen molar-refractivity contribution in [2.24, 2.45) is 0 Å². The molecule has 2 saturated heterocycles. The number of hydrogen-bond donors (Lipinski definition) is 1. The Morgan fingerprint density at radius 2 is 1.62 bits per heavy atom. The van der Waals surface area contributed by atoms with E-state index in [0.29, 0.717) is 32.1 Å². The van der Waals surface area contributed by atoms with Gasteiger partial charge in [0.05, 0.1) is 24.6 Å². The monoisotopic (exact) mass is 503 g/mol. The van der Waals surface area contributed by atoms with Gasteiger partial charge in [0.15, 0.2) is 0 Å². The van der Waals surface area contributed by atoms with Crippen LogP contribution in [0.3, 0.4) is 0 Å². The molecule has 0 radical (unpaired) electrons. The van der Waals surface area contributed by atoms with Gasteiger partial charge in [0, 0.05) is 69.0 Å². The largest absolute Gasteiger partial charge is 0.378 e. The predicted octanol–water partition coefficient (Wildman–Crippen LogP) is 2.86. The van der Waals surface area contributed by atoms with Crippen molar-refractivity contribution in [1.29, 1.82) is 0 Å². The molecular weight excluding hydrogens is 474 g/mol. The van der Waals surface area contributed by atoms with Crippen LogP contribution in [0.2, 0.25) is 0 Å². The predicted molar refractivity (Wildman–Crippen MR) is 140 cm³/mol. The molecule has 1 amide bonds. The number of nitrogens with zero attached hydrogens (tertiary/aromatic N) is 6. The number of morpholine rings is 1. The first-order valence-corrected chi connectivity index (χ1v) is 12.3. The second-order valence-corrected chi connectivity index (χ2v) is 8.98. The zero-order valence-corrected chi connectivity index (χ0v) is 20.5. The smallest absolute Gasteiger partial charge is 0.269 e. The molecule has 5 rings (SSSR count). The molecule has 11 heteroatoms. The second-order valence-electron chi connectivity index (χ2n) is 8.98. The fraction of sp³-hybridized carbons (Fsp3) is 0.346. The summed E-state index contributed by atoms with van der Waals surface area (Å²) in [5.41, 5.74) is 2.87. The van der Waals surface area contributed by atoms with Gasteiger partial charge in [0.25, 0.3) is 5.69 Å². The SMILES string of the molecule is O=C(Cc1ccc([N+](=O)[O-])cc1)N1CCN(c2ccnc(Nc3ccc(N4CCOCC4)cc3)n2)CC1. The molecule has 1 N–H and O–H groups in total. The van der Waals surface area contributed by atoms with Crippen molar-refractivity contribution < 1.29 is 14.5 Å². The molecule has 2 fully saturated rings. The van der Waals surface area contributed by atoms with E-state index in [2.05, 4.69) is 37.2 Å². The first-order valence-electron chi connectivity index (χ1n) is 12.3. The van der Waals surface area contributed by atoms with Gasteiger partial charge in [-0.1, -0.05) is 12.1 Å². The summed E-state index contributed by atoms with van der Waals surface area (Å²) >= 11 is 0. The summed E-state index contributed by atoms with van der Waals surface area (Å²) in [7, 11) is 0. The van der Waals surface area contributed by atoms with Crippen LogP contribution < -0.4 is 15.1 Å². The third kappa shape index (κ3) is 6.12. The summed E-state index contributed by atoms with van der Waals surface area (Å²) in [6.45, 7) is 5.80. The van der Waals surface area contributed by atoms with Gasteiger partial charge in [0.1, 0.15) is 5.82 Å². The third-order valence-corrected chi connectivity index (χ3v) is 6.60. The lowest BCUT2D eigenvalue weighted by atomic mass is 10.1. The van der Waals surface area contributed by atoms with Gasteiger partial charge in [0.2, 0.25) is 11.9 Å². The highest BCUT2D eigenvalue weighted by molar-refractivity contribution is 5.79. The van der Waals surface area contributed by atoms with Crippen LogP contribution in [0.4, 0.5) is 28.8 Å². The minimum atomic E-state index is -0.443. The number of anilines is 4. The maximum atomic E-state index is 12.7. The molecule has 0 saturated carbocycles. The molecule has 2 aliphatic rings. The summed E-state index contributed by atoms with van der Waals surface area (Å²) < 4.78 is 5.42. The molecule has 3 heterocycles. The van der Waals surface area contributed by atoms with Crippen molar-refractivity contribution >= 4 is 34.7 Å². The minimum Gasteiger partial charge on any atom is -0.378 e. The summed E-state index contributed by atoms with van der Waals surface area (Å²) in [6.07, 6.45) is 1.96. The first-order chi connectivity index (χ1) is 18.0. The number of benzene rings is 2. The van der Waals surface area contributed by atoms with Crippen molar-refractivity contribution in [2.45, 2.75) is 6.42 Å². The third-order valence-electron chi connectivity index (χ3n) is 6.60. The Hall–Kier alpha value is -4.25. The average molecular weight is 504 g/mol. The molecular formula is C26H29N7O4. The van der Waals surface area contributed by atoms with Gasteiger partial charge in [-0.3, -0.25) is 14.9 Å². The summed E-state index contributed by atoms with van der Waals surface area (Å²) in [6, 6.07) is 16.2. The summed E-state index contributed by atoms with van der Waals surface area (Å²) in [5.74, 6) is 1.34. The zero-order valence-electron chi connectivity index (χ0n) is 20.5. The van der Waals surface area contributed by atoms with Gasteiger partial charge in [-0.05, 0) is 35.9 Å². The number of hydrogen-bond acceptors (Lipinski definition) is 9. The lowest BCUT2D eigenvalue weighted by Crippen LogP contribution is -2.49. The van der Waals surface area contributed by atoms with Crippen molar-refractivity contribution in [3.05, 3.63) is 76.5 Å². The van der Waals surface area contributed by atoms with Crippen LogP contribution in [0.5, 0.6) is 0 Å². The van der Waals surface area contributed by atoms with Crippen LogP contribution in [0.1, 0.15) is 5.56 Å². The Labute approximate surface area is 214 Å². The van der Waals surface area contributed by atoms with Gasteiger partial charge in [-0.15, -0.1) is 0 Å². The van der Waals surface area contributed by atoms with E-state index in [1.807, 2.05) is 23.1 Å². The minimum absolute atomic E-state index is 0.0130. The molecule has 3 aromatic rings. The van der Waals surface area contributed by atoms with E-state index >= 15 is 0 Å². The molecule has 1 aromatic heterocycles. The molecule has 0 spiro atoms. The van der Waals surface area contributed by atoms with Crippen molar-refractivity contribution in [3.8, 4) is 0 Å². The van der Waals surface area contributed by atoms with Gasteiger partial charge in [-0.2, -0.15) is 4.98 Å². The molecule has 2 aliphatic heterocycles. The van der Waals surface area contributed by atoms with Crippen LogP contribution in [0.25, 0.3) is 0 Å². The van der Waals surface area contributed by atoms with Crippen LogP contribution >= 0.6 is 0 Å². The Kier molecular flexibility index (Phi) is 7.41. The van der Waals surface area contributed by atoms with Crippen LogP contribution in [-0.2, 0) is 16.0 Å².